The lowest BCUT2D eigenvalue weighted by Crippen LogP contribution is -1.84. The van der Waals surface area contributed by atoms with E-state index < -0.39 is 0 Å². The highest BCUT2D eigenvalue weighted by Gasteiger charge is 2.09. The second-order valence-corrected chi connectivity index (χ2v) is 8.92. The molecule has 0 atom stereocenters. The van der Waals surface area contributed by atoms with Gasteiger partial charge in [0.2, 0.25) is 0 Å². The molecule has 0 aliphatic heterocycles. The Labute approximate surface area is 237 Å². The van der Waals surface area contributed by atoms with E-state index in [4.69, 9.17) is 0 Å². The Kier molecular flexibility index (Phi) is 9.90. The van der Waals surface area contributed by atoms with Crippen LogP contribution in [0, 0.1) is 0 Å². The molecule has 6 rings (SSSR count). The highest BCUT2D eigenvalue weighted by molar-refractivity contribution is 5.85. The van der Waals surface area contributed by atoms with Crippen molar-refractivity contribution >= 4 is 0 Å². The molecule has 0 aliphatic rings. The van der Waals surface area contributed by atoms with Crippen LogP contribution in [-0.4, -0.2) is 10.2 Å². The van der Waals surface area contributed by atoms with Gasteiger partial charge in [-0.25, -0.2) is 0 Å². The Balaban J connectivity index is 0.000000174. The van der Waals surface area contributed by atoms with Crippen molar-refractivity contribution in [3.63, 3.8) is 0 Å². The number of phenolic OH excluding ortho intramolecular Hbond substituents is 2. The maximum atomic E-state index is 9.75. The molecule has 0 aliphatic carbocycles. The second kappa shape index (κ2) is 14.2. The minimum Gasteiger partial charge on any atom is -0.508 e. The zero-order valence-electron chi connectivity index (χ0n) is 22.9. The van der Waals surface area contributed by atoms with Gasteiger partial charge in [0.05, 0.1) is 0 Å². The third-order valence-electron chi connectivity index (χ3n) is 6.35. The van der Waals surface area contributed by atoms with E-state index in [9.17, 15) is 10.2 Å². The van der Waals surface area contributed by atoms with Gasteiger partial charge in [-0.15, -0.1) is 0 Å². The van der Waals surface area contributed by atoms with Gasteiger partial charge in [0.1, 0.15) is 11.5 Å². The fourth-order valence-electron chi connectivity index (χ4n) is 4.52. The molecular formula is C38H34O2. The topological polar surface area (TPSA) is 40.5 Å². The van der Waals surface area contributed by atoms with Crippen molar-refractivity contribution in [3.05, 3.63) is 158 Å². The van der Waals surface area contributed by atoms with Crippen LogP contribution in [0.5, 0.6) is 11.5 Å². The first-order chi connectivity index (χ1) is 19.7. The minimum absolute atomic E-state index is 0.290. The third kappa shape index (κ3) is 7.06. The van der Waals surface area contributed by atoms with Crippen LogP contribution in [0.15, 0.2) is 158 Å². The summed E-state index contributed by atoms with van der Waals surface area (Å²) < 4.78 is 0. The average molecular weight is 523 g/mol. The lowest BCUT2D eigenvalue weighted by Gasteiger charge is -2.10. The largest absolute Gasteiger partial charge is 0.508 e. The molecular weight excluding hydrogens is 488 g/mol. The number of hydrogen-bond donors (Lipinski definition) is 2. The molecule has 2 nitrogen and oxygen atoms in total. The van der Waals surface area contributed by atoms with Crippen LogP contribution in [0.2, 0.25) is 0 Å². The zero-order chi connectivity index (χ0) is 28.2. The number of rotatable bonds is 4. The van der Waals surface area contributed by atoms with Crippen molar-refractivity contribution in [3.8, 4) is 56.0 Å². The van der Waals surface area contributed by atoms with E-state index in [0.717, 1.165) is 44.5 Å². The molecule has 0 saturated heterocycles. The number of phenols is 2. The highest BCUT2D eigenvalue weighted by Crippen LogP contribution is 2.35. The number of hydrogen-bond acceptors (Lipinski definition) is 2. The van der Waals surface area contributed by atoms with Crippen LogP contribution in [0.3, 0.4) is 0 Å². The molecule has 0 aromatic heterocycles. The van der Waals surface area contributed by atoms with Crippen molar-refractivity contribution in [1.29, 1.82) is 0 Å². The van der Waals surface area contributed by atoms with E-state index in [-0.39, 0.29) is 0 Å². The summed E-state index contributed by atoms with van der Waals surface area (Å²) in [6, 6.07) is 51.7. The van der Waals surface area contributed by atoms with Crippen molar-refractivity contribution in [2.24, 2.45) is 0 Å². The maximum absolute atomic E-state index is 9.75. The van der Waals surface area contributed by atoms with Crippen LogP contribution in [0.4, 0.5) is 0 Å². The SMILES string of the molecule is CC.Oc1ccc(-c2ccccc2)c(-c2ccccc2)c1.Oc1ccc(-c2ccccc2)c(-c2ccccc2)c1. The van der Waals surface area contributed by atoms with Gasteiger partial charge in [0.15, 0.2) is 0 Å². The van der Waals surface area contributed by atoms with Gasteiger partial charge in [-0.3, -0.25) is 0 Å². The number of benzene rings is 6. The average Bonchev–Trinajstić information content (AvgIpc) is 3.04. The van der Waals surface area contributed by atoms with Gasteiger partial charge in [-0.1, -0.05) is 147 Å². The first kappa shape index (κ1) is 27.9. The molecule has 0 amide bonds. The molecule has 0 fully saturated rings. The zero-order valence-corrected chi connectivity index (χ0v) is 22.9. The van der Waals surface area contributed by atoms with Crippen molar-refractivity contribution in [2.45, 2.75) is 13.8 Å². The first-order valence-corrected chi connectivity index (χ1v) is 13.6. The van der Waals surface area contributed by atoms with Gasteiger partial charge in [-0.2, -0.15) is 0 Å². The number of aromatic hydroxyl groups is 2. The Hall–Kier alpha value is -5.08. The van der Waals surface area contributed by atoms with Crippen molar-refractivity contribution in [1.82, 2.24) is 0 Å². The maximum Gasteiger partial charge on any atom is 0.116 e. The quantitative estimate of drug-likeness (QED) is 0.242. The molecule has 6 aromatic carbocycles. The monoisotopic (exact) mass is 522 g/mol. The Bertz CT molecular complexity index is 1470. The summed E-state index contributed by atoms with van der Waals surface area (Å²) in [6.45, 7) is 4.00. The summed E-state index contributed by atoms with van der Waals surface area (Å²) in [6.07, 6.45) is 0. The summed E-state index contributed by atoms with van der Waals surface area (Å²) in [5.74, 6) is 0.581. The van der Waals surface area contributed by atoms with Crippen LogP contribution < -0.4 is 0 Å². The van der Waals surface area contributed by atoms with Crippen LogP contribution in [0.1, 0.15) is 13.8 Å². The normalized spacial score (nSPS) is 9.95. The minimum atomic E-state index is 0.290. The molecule has 0 radical (unpaired) electrons. The van der Waals surface area contributed by atoms with E-state index in [1.165, 1.54) is 0 Å². The predicted octanol–water partition coefficient (Wildman–Crippen LogP) is 10.5. The Morgan fingerprint density at radius 1 is 0.300 bits per heavy atom. The molecule has 0 heterocycles. The second-order valence-electron chi connectivity index (χ2n) is 8.92. The Morgan fingerprint density at radius 2 is 0.550 bits per heavy atom. The third-order valence-corrected chi connectivity index (χ3v) is 6.35. The Morgan fingerprint density at radius 3 is 0.825 bits per heavy atom. The summed E-state index contributed by atoms with van der Waals surface area (Å²) in [7, 11) is 0. The smallest absolute Gasteiger partial charge is 0.116 e. The van der Waals surface area contributed by atoms with Crippen molar-refractivity contribution < 1.29 is 10.2 Å². The molecule has 6 aromatic rings. The van der Waals surface area contributed by atoms with Crippen molar-refractivity contribution in [2.75, 3.05) is 0 Å². The lowest BCUT2D eigenvalue weighted by atomic mass is 9.94. The standard InChI is InChI=1S/2C18H14O.C2H6/c2*19-16-11-12-17(14-7-3-1-4-8-14)18(13-16)15-9-5-2-6-10-15;1-2/h2*1-13,19H;1-2H3. The van der Waals surface area contributed by atoms with Gasteiger partial charge in [-0.05, 0) is 68.8 Å². The first-order valence-electron chi connectivity index (χ1n) is 13.6. The van der Waals surface area contributed by atoms with Crippen LogP contribution in [-0.2, 0) is 0 Å². The molecule has 2 heteroatoms. The molecule has 0 unspecified atom stereocenters. The van der Waals surface area contributed by atoms with Crippen LogP contribution >= 0.6 is 0 Å². The molecule has 0 saturated carbocycles. The van der Waals surface area contributed by atoms with E-state index in [0.29, 0.717) is 11.5 Å². The molecule has 198 valence electrons. The summed E-state index contributed by atoms with van der Waals surface area (Å²) in [5.41, 5.74) is 8.88. The fraction of sp³-hybridized carbons (Fsp3) is 0.0526. The van der Waals surface area contributed by atoms with E-state index in [1.807, 2.05) is 111 Å². The molecule has 2 N–H and O–H groups in total. The van der Waals surface area contributed by atoms with Gasteiger partial charge in [0.25, 0.3) is 0 Å². The van der Waals surface area contributed by atoms with E-state index in [2.05, 4.69) is 48.5 Å². The molecule has 0 spiro atoms. The lowest BCUT2D eigenvalue weighted by molar-refractivity contribution is 0.475. The summed E-state index contributed by atoms with van der Waals surface area (Å²) >= 11 is 0. The molecule has 40 heavy (non-hydrogen) atoms. The van der Waals surface area contributed by atoms with Crippen LogP contribution in [0.25, 0.3) is 44.5 Å². The van der Waals surface area contributed by atoms with Gasteiger partial charge in [0, 0.05) is 0 Å². The van der Waals surface area contributed by atoms with Gasteiger partial charge < -0.3 is 10.2 Å². The predicted molar refractivity (Wildman–Crippen MR) is 169 cm³/mol. The van der Waals surface area contributed by atoms with E-state index >= 15 is 0 Å². The summed E-state index contributed by atoms with van der Waals surface area (Å²) in [5, 5.41) is 19.5. The van der Waals surface area contributed by atoms with E-state index in [1.54, 1.807) is 12.1 Å². The van der Waals surface area contributed by atoms with Gasteiger partial charge >= 0.3 is 0 Å². The fourth-order valence-corrected chi connectivity index (χ4v) is 4.52. The summed E-state index contributed by atoms with van der Waals surface area (Å²) in [4.78, 5) is 0. The highest BCUT2D eigenvalue weighted by atomic mass is 16.3. The molecule has 0 bridgehead atoms.